The number of rotatable bonds is 5. The lowest BCUT2D eigenvalue weighted by atomic mass is 10.2. The second-order valence-corrected chi connectivity index (χ2v) is 5.89. The average Bonchev–Trinajstić information content (AvgIpc) is 3.07. The van der Waals surface area contributed by atoms with Gasteiger partial charge < -0.3 is 5.32 Å². The molecule has 0 amide bonds. The predicted octanol–water partition coefficient (Wildman–Crippen LogP) is 3.32. The van der Waals surface area contributed by atoms with Gasteiger partial charge in [0.15, 0.2) is 5.52 Å². The lowest BCUT2D eigenvalue weighted by molar-refractivity contribution is -0.382. The van der Waals surface area contributed by atoms with E-state index in [4.69, 9.17) is 0 Å². The number of thiazole rings is 2. The molecule has 102 valence electrons. The molecule has 0 bridgehead atoms. The Balaban J connectivity index is 1.83. The maximum atomic E-state index is 11.2. The molecule has 0 atom stereocenters. The van der Waals surface area contributed by atoms with E-state index in [1.54, 1.807) is 29.1 Å². The monoisotopic (exact) mass is 306 g/mol. The Kier molecular flexibility index (Phi) is 3.57. The summed E-state index contributed by atoms with van der Waals surface area (Å²) in [6.07, 6.45) is 2.49. The number of aromatic nitrogens is 2. The Hall–Kier alpha value is -2.06. The van der Waals surface area contributed by atoms with Gasteiger partial charge in [-0.25, -0.2) is 9.97 Å². The summed E-state index contributed by atoms with van der Waals surface area (Å²) in [5.41, 5.74) is 2.61. The highest BCUT2D eigenvalue weighted by Crippen LogP contribution is 2.34. The van der Waals surface area contributed by atoms with Crippen LogP contribution in [0.2, 0.25) is 0 Å². The molecule has 0 spiro atoms. The van der Waals surface area contributed by atoms with E-state index in [9.17, 15) is 10.1 Å². The van der Waals surface area contributed by atoms with E-state index in [2.05, 4.69) is 15.3 Å². The Bertz CT molecular complexity index is 739. The molecule has 1 N–H and O–H groups in total. The fourth-order valence-corrected chi connectivity index (χ4v) is 3.22. The second-order valence-electron chi connectivity index (χ2n) is 4.02. The predicted molar refractivity (Wildman–Crippen MR) is 80.6 cm³/mol. The van der Waals surface area contributed by atoms with Crippen molar-refractivity contribution < 1.29 is 4.92 Å². The molecule has 3 aromatic rings. The zero-order valence-corrected chi connectivity index (χ0v) is 11.9. The smallest absolute Gasteiger partial charge is 0.319 e. The van der Waals surface area contributed by atoms with Crippen molar-refractivity contribution in [1.29, 1.82) is 0 Å². The van der Waals surface area contributed by atoms with E-state index in [0.717, 1.165) is 16.1 Å². The van der Waals surface area contributed by atoms with Gasteiger partial charge in [0, 0.05) is 24.5 Å². The number of fused-ring (bicyclic) bond motifs is 1. The number of nitrogens with zero attached hydrogens (tertiary/aromatic N) is 3. The van der Waals surface area contributed by atoms with Crippen LogP contribution in [-0.2, 0) is 6.42 Å². The molecule has 0 fully saturated rings. The minimum Gasteiger partial charge on any atom is -0.379 e. The van der Waals surface area contributed by atoms with Gasteiger partial charge in [0.25, 0.3) is 0 Å². The first-order chi connectivity index (χ1) is 9.75. The molecule has 3 rings (SSSR count). The van der Waals surface area contributed by atoms with Crippen molar-refractivity contribution in [2.45, 2.75) is 6.42 Å². The second kappa shape index (κ2) is 5.51. The van der Waals surface area contributed by atoms with Crippen molar-refractivity contribution in [3.63, 3.8) is 0 Å². The molecule has 0 aliphatic heterocycles. The molecule has 0 aliphatic rings. The van der Waals surface area contributed by atoms with Crippen LogP contribution in [-0.4, -0.2) is 21.4 Å². The Labute approximate surface area is 122 Å². The average molecular weight is 306 g/mol. The van der Waals surface area contributed by atoms with E-state index in [1.165, 1.54) is 11.3 Å². The van der Waals surface area contributed by atoms with Crippen LogP contribution in [0, 0.1) is 10.1 Å². The van der Waals surface area contributed by atoms with Gasteiger partial charge in [-0.05, 0) is 12.1 Å². The first kappa shape index (κ1) is 12.9. The van der Waals surface area contributed by atoms with Crippen molar-refractivity contribution >= 4 is 44.3 Å². The van der Waals surface area contributed by atoms with Crippen LogP contribution in [0.5, 0.6) is 0 Å². The Morgan fingerprint density at radius 3 is 2.95 bits per heavy atom. The van der Waals surface area contributed by atoms with Crippen molar-refractivity contribution in [3.05, 3.63) is 44.3 Å². The van der Waals surface area contributed by atoms with Crippen LogP contribution in [0.3, 0.4) is 0 Å². The van der Waals surface area contributed by atoms with Gasteiger partial charge in [0.2, 0.25) is 0 Å². The molecule has 2 heterocycles. The number of nitro groups is 1. The molecule has 2 aromatic heterocycles. The summed E-state index contributed by atoms with van der Waals surface area (Å²) in [5, 5.41) is 17.3. The van der Waals surface area contributed by atoms with E-state index in [1.807, 2.05) is 11.4 Å². The fraction of sp³-hybridized carbons (Fsp3) is 0.167. The molecule has 1 aromatic carbocycles. The van der Waals surface area contributed by atoms with Crippen molar-refractivity contribution in [3.8, 4) is 0 Å². The molecule has 0 saturated heterocycles. The summed E-state index contributed by atoms with van der Waals surface area (Å²) >= 11 is 2.97. The molecule has 0 unspecified atom stereocenters. The lowest BCUT2D eigenvalue weighted by Gasteiger charge is -2.06. The number of hydrogen-bond acceptors (Lipinski definition) is 7. The van der Waals surface area contributed by atoms with Crippen LogP contribution < -0.4 is 5.32 Å². The molecule has 0 saturated carbocycles. The molecular weight excluding hydrogens is 296 g/mol. The zero-order valence-electron chi connectivity index (χ0n) is 10.3. The van der Waals surface area contributed by atoms with Crippen LogP contribution >= 0.6 is 22.7 Å². The van der Waals surface area contributed by atoms with Gasteiger partial charge in [-0.1, -0.05) is 0 Å². The highest BCUT2D eigenvalue weighted by molar-refractivity contribution is 7.16. The van der Waals surface area contributed by atoms with Gasteiger partial charge in [-0.15, -0.1) is 22.7 Å². The highest BCUT2D eigenvalue weighted by Gasteiger charge is 2.20. The summed E-state index contributed by atoms with van der Waals surface area (Å²) in [6.45, 7) is 0.601. The maximum Gasteiger partial charge on any atom is 0.319 e. The van der Waals surface area contributed by atoms with E-state index in [-0.39, 0.29) is 10.6 Å². The number of nitrogens with one attached hydrogen (secondary N) is 1. The summed E-state index contributed by atoms with van der Waals surface area (Å²) in [4.78, 5) is 19.1. The Morgan fingerprint density at radius 1 is 1.30 bits per heavy atom. The summed E-state index contributed by atoms with van der Waals surface area (Å²) in [7, 11) is 0. The number of anilines is 1. The molecule has 0 aliphatic carbocycles. The summed E-state index contributed by atoms with van der Waals surface area (Å²) in [5.74, 6) is 0. The van der Waals surface area contributed by atoms with Crippen LogP contribution in [0.15, 0.2) is 29.2 Å². The number of hydrogen-bond donors (Lipinski definition) is 1. The third-order valence-electron chi connectivity index (χ3n) is 2.80. The quantitative estimate of drug-likeness (QED) is 0.577. The van der Waals surface area contributed by atoms with Gasteiger partial charge in [0.1, 0.15) is 5.69 Å². The van der Waals surface area contributed by atoms with E-state index < -0.39 is 0 Å². The molecule has 0 radical (unpaired) electrons. The van der Waals surface area contributed by atoms with Gasteiger partial charge in [-0.3, -0.25) is 10.1 Å². The SMILES string of the molecule is O=[N+]([O-])c1c(NCCc2nccs2)ccc2scnc12. The minimum absolute atomic E-state index is 0.0443. The maximum absolute atomic E-state index is 11.2. The van der Waals surface area contributed by atoms with Crippen LogP contribution in [0.4, 0.5) is 11.4 Å². The third-order valence-corrected chi connectivity index (χ3v) is 4.43. The van der Waals surface area contributed by atoms with E-state index >= 15 is 0 Å². The first-order valence-corrected chi connectivity index (χ1v) is 7.64. The molecule has 6 nitrogen and oxygen atoms in total. The van der Waals surface area contributed by atoms with E-state index in [0.29, 0.717) is 17.7 Å². The zero-order chi connectivity index (χ0) is 13.9. The van der Waals surface area contributed by atoms with Crippen LogP contribution in [0.25, 0.3) is 10.2 Å². The van der Waals surface area contributed by atoms with Crippen LogP contribution in [0.1, 0.15) is 5.01 Å². The standard InChI is InChI=1S/C12H10N4O2S2/c17-16(18)12-8(1-2-9-11(12)15-7-20-9)13-4-3-10-14-5-6-19-10/h1-2,5-7,13H,3-4H2. The molecule has 20 heavy (non-hydrogen) atoms. The molecular formula is C12H10N4O2S2. The van der Waals surface area contributed by atoms with Gasteiger partial charge in [0.05, 0.1) is 20.1 Å². The van der Waals surface area contributed by atoms with Crippen molar-refractivity contribution in [2.24, 2.45) is 0 Å². The Morgan fingerprint density at radius 2 is 2.20 bits per heavy atom. The summed E-state index contributed by atoms with van der Waals surface area (Å²) < 4.78 is 0.821. The topological polar surface area (TPSA) is 81.0 Å². The third kappa shape index (κ3) is 2.47. The van der Waals surface area contributed by atoms with Gasteiger partial charge >= 0.3 is 5.69 Å². The highest BCUT2D eigenvalue weighted by atomic mass is 32.1. The first-order valence-electron chi connectivity index (χ1n) is 5.88. The number of nitro benzene ring substituents is 1. The normalized spacial score (nSPS) is 10.8. The van der Waals surface area contributed by atoms with Crippen molar-refractivity contribution in [2.75, 3.05) is 11.9 Å². The largest absolute Gasteiger partial charge is 0.379 e. The lowest BCUT2D eigenvalue weighted by Crippen LogP contribution is -2.07. The fourth-order valence-electron chi connectivity index (χ4n) is 1.92. The minimum atomic E-state index is -0.381. The number of benzene rings is 1. The van der Waals surface area contributed by atoms with Gasteiger partial charge in [-0.2, -0.15) is 0 Å². The van der Waals surface area contributed by atoms with Crippen molar-refractivity contribution in [1.82, 2.24) is 9.97 Å². The summed E-state index contributed by atoms with van der Waals surface area (Å²) in [6, 6.07) is 3.59. The molecule has 8 heteroatoms.